The van der Waals surface area contributed by atoms with Gasteiger partial charge in [0.05, 0.1) is 6.07 Å². The van der Waals surface area contributed by atoms with Gasteiger partial charge in [-0.1, -0.05) is 0 Å². The Morgan fingerprint density at radius 1 is 1.48 bits per heavy atom. The SMILES string of the molecule is O=C(NCC1CCCN1c1cccnn1)c1ccc([N+](=O)[O-])o1. The first-order chi connectivity index (χ1) is 11.1. The van der Waals surface area contributed by atoms with Gasteiger partial charge in [0, 0.05) is 25.3 Å². The van der Waals surface area contributed by atoms with Gasteiger partial charge in [-0.15, -0.1) is 5.10 Å². The minimum absolute atomic E-state index is 0.0688. The van der Waals surface area contributed by atoms with Crippen molar-refractivity contribution in [1.29, 1.82) is 0 Å². The average molecular weight is 317 g/mol. The highest BCUT2D eigenvalue weighted by molar-refractivity contribution is 5.91. The van der Waals surface area contributed by atoms with Crippen LogP contribution in [0.2, 0.25) is 0 Å². The summed E-state index contributed by atoms with van der Waals surface area (Å²) in [5.74, 6) is -0.208. The fourth-order valence-electron chi connectivity index (χ4n) is 2.64. The van der Waals surface area contributed by atoms with Crippen LogP contribution in [0.1, 0.15) is 23.4 Å². The summed E-state index contributed by atoms with van der Waals surface area (Å²) in [4.78, 5) is 24.0. The molecule has 3 rings (SSSR count). The predicted octanol–water partition coefficient (Wildman–Crippen LogP) is 1.38. The summed E-state index contributed by atoms with van der Waals surface area (Å²) in [7, 11) is 0. The summed E-state index contributed by atoms with van der Waals surface area (Å²) in [5.41, 5.74) is 0. The number of nitrogens with zero attached hydrogens (tertiary/aromatic N) is 4. The molecule has 1 atom stereocenters. The van der Waals surface area contributed by atoms with Gasteiger partial charge in [0.1, 0.15) is 4.92 Å². The zero-order valence-electron chi connectivity index (χ0n) is 12.2. The van der Waals surface area contributed by atoms with E-state index in [0.717, 1.165) is 31.3 Å². The van der Waals surface area contributed by atoms with Gasteiger partial charge in [-0.3, -0.25) is 14.9 Å². The maximum atomic E-state index is 12.0. The van der Waals surface area contributed by atoms with Crippen LogP contribution in [0.4, 0.5) is 11.7 Å². The van der Waals surface area contributed by atoms with Crippen LogP contribution in [0.3, 0.4) is 0 Å². The number of carbonyl (C=O) groups excluding carboxylic acids is 1. The van der Waals surface area contributed by atoms with Crippen LogP contribution in [0.15, 0.2) is 34.9 Å². The van der Waals surface area contributed by atoms with E-state index in [1.54, 1.807) is 6.20 Å². The van der Waals surface area contributed by atoms with E-state index in [4.69, 9.17) is 4.42 Å². The number of hydrogen-bond donors (Lipinski definition) is 1. The van der Waals surface area contributed by atoms with Gasteiger partial charge in [-0.2, -0.15) is 5.10 Å². The number of nitro groups is 1. The van der Waals surface area contributed by atoms with Crippen LogP contribution in [0, 0.1) is 10.1 Å². The lowest BCUT2D eigenvalue weighted by atomic mass is 10.2. The van der Waals surface area contributed by atoms with Crippen molar-refractivity contribution >= 4 is 17.6 Å². The molecule has 1 aliphatic heterocycles. The molecule has 2 aromatic heterocycles. The normalized spacial score (nSPS) is 17.2. The van der Waals surface area contributed by atoms with Crippen molar-refractivity contribution in [1.82, 2.24) is 15.5 Å². The van der Waals surface area contributed by atoms with Crippen molar-refractivity contribution in [2.45, 2.75) is 18.9 Å². The van der Waals surface area contributed by atoms with E-state index in [0.29, 0.717) is 6.54 Å². The van der Waals surface area contributed by atoms with Gasteiger partial charge >= 0.3 is 5.88 Å². The van der Waals surface area contributed by atoms with Gasteiger partial charge in [0.2, 0.25) is 0 Å². The van der Waals surface area contributed by atoms with Crippen molar-refractivity contribution in [2.75, 3.05) is 18.0 Å². The monoisotopic (exact) mass is 317 g/mol. The Kier molecular flexibility index (Phi) is 4.18. The molecule has 0 radical (unpaired) electrons. The van der Waals surface area contributed by atoms with E-state index in [2.05, 4.69) is 20.4 Å². The summed E-state index contributed by atoms with van der Waals surface area (Å²) in [5, 5.41) is 21.3. The zero-order chi connectivity index (χ0) is 16.2. The van der Waals surface area contributed by atoms with E-state index in [1.807, 2.05) is 12.1 Å². The molecular formula is C14H15N5O4. The topological polar surface area (TPSA) is 114 Å². The quantitative estimate of drug-likeness (QED) is 0.654. The second-order valence-electron chi connectivity index (χ2n) is 5.18. The molecule has 0 aromatic carbocycles. The van der Waals surface area contributed by atoms with Crippen LogP contribution in [0.25, 0.3) is 0 Å². The smallest absolute Gasteiger partial charge is 0.395 e. The Morgan fingerprint density at radius 3 is 3.04 bits per heavy atom. The summed E-state index contributed by atoms with van der Waals surface area (Å²) in [6.45, 7) is 1.26. The highest BCUT2D eigenvalue weighted by atomic mass is 16.6. The molecule has 3 heterocycles. The van der Waals surface area contributed by atoms with Crippen LogP contribution < -0.4 is 10.2 Å². The maximum absolute atomic E-state index is 12.0. The molecule has 0 bridgehead atoms. The first-order valence-corrected chi connectivity index (χ1v) is 7.22. The number of hydrogen-bond acceptors (Lipinski definition) is 7. The summed E-state index contributed by atoms with van der Waals surface area (Å²) >= 11 is 0. The Morgan fingerprint density at radius 2 is 2.35 bits per heavy atom. The predicted molar refractivity (Wildman–Crippen MR) is 80.1 cm³/mol. The molecule has 0 aliphatic carbocycles. The number of carbonyl (C=O) groups is 1. The van der Waals surface area contributed by atoms with Crippen LogP contribution >= 0.6 is 0 Å². The third kappa shape index (κ3) is 3.28. The highest BCUT2D eigenvalue weighted by Gasteiger charge is 2.27. The van der Waals surface area contributed by atoms with E-state index in [1.165, 1.54) is 6.07 Å². The van der Waals surface area contributed by atoms with Crippen LogP contribution in [0.5, 0.6) is 0 Å². The van der Waals surface area contributed by atoms with Crippen LogP contribution in [-0.2, 0) is 0 Å². The molecule has 1 saturated heterocycles. The fourth-order valence-corrected chi connectivity index (χ4v) is 2.64. The van der Waals surface area contributed by atoms with Crippen molar-refractivity contribution in [3.8, 4) is 0 Å². The number of amides is 1. The zero-order valence-corrected chi connectivity index (χ0v) is 12.2. The van der Waals surface area contributed by atoms with E-state index >= 15 is 0 Å². The number of nitrogens with one attached hydrogen (secondary N) is 1. The molecule has 9 nitrogen and oxygen atoms in total. The lowest BCUT2D eigenvalue weighted by Crippen LogP contribution is -2.40. The van der Waals surface area contributed by atoms with Crippen molar-refractivity contribution in [2.24, 2.45) is 0 Å². The van der Waals surface area contributed by atoms with Gasteiger partial charge in [0.15, 0.2) is 11.6 Å². The Labute approximate surface area is 131 Å². The molecular weight excluding hydrogens is 302 g/mol. The lowest BCUT2D eigenvalue weighted by molar-refractivity contribution is -0.402. The maximum Gasteiger partial charge on any atom is 0.433 e. The van der Waals surface area contributed by atoms with Crippen molar-refractivity contribution < 1.29 is 14.1 Å². The molecule has 120 valence electrons. The molecule has 1 aliphatic rings. The van der Waals surface area contributed by atoms with Crippen LogP contribution in [-0.4, -0.2) is 40.2 Å². The molecule has 2 aromatic rings. The van der Waals surface area contributed by atoms with E-state index in [9.17, 15) is 14.9 Å². The van der Waals surface area contributed by atoms with Gasteiger partial charge in [0.25, 0.3) is 5.91 Å². The Bertz CT molecular complexity index is 702. The molecule has 0 saturated carbocycles. The Balaban J connectivity index is 1.60. The minimum Gasteiger partial charge on any atom is -0.395 e. The second-order valence-corrected chi connectivity index (χ2v) is 5.18. The van der Waals surface area contributed by atoms with E-state index < -0.39 is 16.7 Å². The summed E-state index contributed by atoms with van der Waals surface area (Å²) in [6.07, 6.45) is 3.54. The average Bonchev–Trinajstić information content (AvgIpc) is 3.22. The molecule has 9 heteroatoms. The molecule has 1 fully saturated rings. The molecule has 1 N–H and O–H groups in total. The number of furan rings is 1. The van der Waals surface area contributed by atoms with Gasteiger partial charge < -0.3 is 14.6 Å². The highest BCUT2D eigenvalue weighted by Crippen LogP contribution is 2.22. The Hall–Kier alpha value is -2.97. The van der Waals surface area contributed by atoms with E-state index in [-0.39, 0.29) is 11.8 Å². The lowest BCUT2D eigenvalue weighted by Gasteiger charge is -2.25. The van der Waals surface area contributed by atoms with Crippen molar-refractivity contribution in [3.05, 3.63) is 46.3 Å². The third-order valence-corrected chi connectivity index (χ3v) is 3.72. The number of rotatable bonds is 5. The first kappa shape index (κ1) is 14.9. The second kappa shape index (κ2) is 6.42. The molecule has 1 unspecified atom stereocenters. The fraction of sp³-hybridized carbons (Fsp3) is 0.357. The molecule has 23 heavy (non-hydrogen) atoms. The van der Waals surface area contributed by atoms with Gasteiger partial charge in [-0.25, -0.2) is 0 Å². The molecule has 1 amide bonds. The minimum atomic E-state index is -0.677. The summed E-state index contributed by atoms with van der Waals surface area (Å²) in [6, 6.07) is 6.26. The third-order valence-electron chi connectivity index (χ3n) is 3.72. The number of aromatic nitrogens is 2. The first-order valence-electron chi connectivity index (χ1n) is 7.22. The molecule has 0 spiro atoms. The largest absolute Gasteiger partial charge is 0.433 e. The number of anilines is 1. The summed E-state index contributed by atoms with van der Waals surface area (Å²) < 4.78 is 4.89. The van der Waals surface area contributed by atoms with Crippen molar-refractivity contribution in [3.63, 3.8) is 0 Å². The standard InChI is InChI=1S/C14H15N5O4/c20-14(11-5-6-13(23-11)19(21)22)15-9-10-3-2-8-18(10)12-4-1-7-16-17-12/h1,4-7,10H,2-3,8-9H2,(H,15,20). The van der Waals surface area contributed by atoms with Gasteiger partial charge in [-0.05, 0) is 31.0 Å².